The molecule has 2 aromatic carbocycles. The molecule has 1 unspecified atom stereocenters. The summed E-state index contributed by atoms with van der Waals surface area (Å²) in [5.41, 5.74) is 11.2. The van der Waals surface area contributed by atoms with Crippen LogP contribution in [0.15, 0.2) is 73.2 Å². The lowest BCUT2D eigenvalue weighted by Gasteiger charge is -2.13. The molecule has 0 aliphatic heterocycles. The Labute approximate surface area is 175 Å². The number of nitrogens with two attached hydrogens (primary N) is 1. The molecule has 6 heteroatoms. The standard InChI is InChI=1S/C24H24N4O2/c1-16(29)28-21-6-4-5-17(10-21)18-11-22(14-26-12-18)30-15-20(25)9-19-13-27-24-8-3-2-7-23(19)24/h2-8,10-14,20,27H,9,15,25H2,1H3,(H,28,29). The molecule has 0 aliphatic carbocycles. The molecule has 6 nitrogen and oxygen atoms in total. The highest BCUT2D eigenvalue weighted by molar-refractivity contribution is 5.89. The molecule has 30 heavy (non-hydrogen) atoms. The van der Waals surface area contributed by atoms with Crippen LogP contribution in [0.3, 0.4) is 0 Å². The molecule has 0 aliphatic rings. The third kappa shape index (κ3) is 4.67. The van der Waals surface area contributed by atoms with E-state index in [1.165, 1.54) is 17.9 Å². The maximum absolute atomic E-state index is 11.3. The SMILES string of the molecule is CC(=O)Nc1cccc(-c2cncc(OCC(N)Cc3c[nH]c4ccccc34)c2)c1. The van der Waals surface area contributed by atoms with Crippen molar-refractivity contribution in [2.75, 3.05) is 11.9 Å². The number of carbonyl (C=O) groups is 1. The fourth-order valence-electron chi connectivity index (χ4n) is 3.48. The zero-order valence-electron chi connectivity index (χ0n) is 16.8. The van der Waals surface area contributed by atoms with Crippen molar-refractivity contribution < 1.29 is 9.53 Å². The van der Waals surface area contributed by atoms with Crippen LogP contribution in [0.1, 0.15) is 12.5 Å². The minimum atomic E-state index is -0.143. The van der Waals surface area contributed by atoms with Gasteiger partial charge >= 0.3 is 0 Å². The minimum Gasteiger partial charge on any atom is -0.490 e. The number of amides is 1. The van der Waals surface area contributed by atoms with Gasteiger partial charge in [-0.25, -0.2) is 0 Å². The number of aromatic amines is 1. The number of pyridine rings is 1. The molecule has 0 saturated carbocycles. The van der Waals surface area contributed by atoms with E-state index < -0.39 is 0 Å². The van der Waals surface area contributed by atoms with E-state index in [0.717, 1.165) is 28.8 Å². The van der Waals surface area contributed by atoms with Gasteiger partial charge in [0.15, 0.2) is 0 Å². The summed E-state index contributed by atoms with van der Waals surface area (Å²) in [5, 5.41) is 3.98. The van der Waals surface area contributed by atoms with Gasteiger partial charge in [0, 0.05) is 47.5 Å². The second kappa shape index (κ2) is 8.80. The number of anilines is 1. The number of aromatic nitrogens is 2. The average Bonchev–Trinajstić information content (AvgIpc) is 3.15. The minimum absolute atomic E-state index is 0.105. The predicted octanol–water partition coefficient (Wildman–Crippen LogP) is 4.14. The summed E-state index contributed by atoms with van der Waals surface area (Å²) in [6, 6.07) is 17.6. The maximum Gasteiger partial charge on any atom is 0.221 e. The lowest BCUT2D eigenvalue weighted by Crippen LogP contribution is -2.30. The molecule has 4 aromatic rings. The lowest BCUT2D eigenvalue weighted by atomic mass is 10.1. The van der Waals surface area contributed by atoms with Gasteiger partial charge in [0.05, 0.1) is 6.20 Å². The van der Waals surface area contributed by atoms with Gasteiger partial charge in [-0.15, -0.1) is 0 Å². The highest BCUT2D eigenvalue weighted by Crippen LogP contribution is 2.25. The third-order valence-corrected chi connectivity index (χ3v) is 4.85. The fourth-order valence-corrected chi connectivity index (χ4v) is 3.48. The maximum atomic E-state index is 11.3. The second-order valence-corrected chi connectivity index (χ2v) is 7.31. The molecule has 0 saturated heterocycles. The van der Waals surface area contributed by atoms with Crippen molar-refractivity contribution in [3.63, 3.8) is 0 Å². The van der Waals surface area contributed by atoms with Crippen molar-refractivity contribution in [3.05, 3.63) is 78.8 Å². The van der Waals surface area contributed by atoms with Gasteiger partial charge < -0.3 is 20.8 Å². The Kier molecular flexibility index (Phi) is 5.77. The van der Waals surface area contributed by atoms with Gasteiger partial charge in [-0.2, -0.15) is 0 Å². The molecule has 4 N–H and O–H groups in total. The zero-order valence-corrected chi connectivity index (χ0v) is 16.8. The number of nitrogens with one attached hydrogen (secondary N) is 2. The van der Waals surface area contributed by atoms with E-state index in [4.69, 9.17) is 10.5 Å². The van der Waals surface area contributed by atoms with Gasteiger partial charge in [0.2, 0.25) is 5.91 Å². The van der Waals surface area contributed by atoms with Crippen LogP contribution < -0.4 is 15.8 Å². The molecule has 2 heterocycles. The van der Waals surface area contributed by atoms with Crippen LogP contribution in [0.5, 0.6) is 5.75 Å². The van der Waals surface area contributed by atoms with E-state index in [2.05, 4.69) is 27.4 Å². The molecule has 0 fully saturated rings. The van der Waals surface area contributed by atoms with Crippen molar-refractivity contribution in [1.29, 1.82) is 0 Å². The van der Waals surface area contributed by atoms with Crippen LogP contribution in [0.2, 0.25) is 0 Å². The van der Waals surface area contributed by atoms with Crippen LogP contribution in [-0.4, -0.2) is 28.5 Å². The van der Waals surface area contributed by atoms with E-state index >= 15 is 0 Å². The zero-order chi connectivity index (χ0) is 20.9. The Bertz CT molecular complexity index is 1170. The van der Waals surface area contributed by atoms with Gasteiger partial charge in [0.25, 0.3) is 0 Å². The van der Waals surface area contributed by atoms with Gasteiger partial charge in [0.1, 0.15) is 12.4 Å². The van der Waals surface area contributed by atoms with Crippen LogP contribution in [0.4, 0.5) is 5.69 Å². The van der Waals surface area contributed by atoms with Crippen molar-refractivity contribution in [3.8, 4) is 16.9 Å². The summed E-state index contributed by atoms with van der Waals surface area (Å²) in [4.78, 5) is 18.9. The van der Waals surface area contributed by atoms with Gasteiger partial charge in [-0.3, -0.25) is 9.78 Å². The number of H-pyrrole nitrogens is 1. The smallest absolute Gasteiger partial charge is 0.221 e. The summed E-state index contributed by atoms with van der Waals surface area (Å²) < 4.78 is 5.92. The number of para-hydroxylation sites is 1. The lowest BCUT2D eigenvalue weighted by molar-refractivity contribution is -0.114. The first-order chi connectivity index (χ1) is 14.6. The summed E-state index contributed by atoms with van der Waals surface area (Å²) in [5.74, 6) is 0.554. The molecule has 0 bridgehead atoms. The molecule has 0 spiro atoms. The number of fused-ring (bicyclic) bond motifs is 1. The van der Waals surface area contributed by atoms with Crippen LogP contribution in [0.25, 0.3) is 22.0 Å². The monoisotopic (exact) mass is 400 g/mol. The number of hydrogen-bond donors (Lipinski definition) is 3. The first-order valence-electron chi connectivity index (χ1n) is 9.85. The molecule has 0 radical (unpaired) electrons. The number of benzene rings is 2. The molecule has 152 valence electrons. The summed E-state index contributed by atoms with van der Waals surface area (Å²) >= 11 is 0. The van der Waals surface area contributed by atoms with Crippen molar-refractivity contribution in [1.82, 2.24) is 9.97 Å². The molecule has 1 amide bonds. The Balaban J connectivity index is 1.41. The largest absolute Gasteiger partial charge is 0.490 e. The van der Waals surface area contributed by atoms with E-state index in [1.807, 2.05) is 48.7 Å². The highest BCUT2D eigenvalue weighted by Gasteiger charge is 2.10. The molecule has 4 rings (SSSR count). The Hall–Kier alpha value is -3.64. The van der Waals surface area contributed by atoms with E-state index in [1.54, 1.807) is 12.4 Å². The van der Waals surface area contributed by atoms with Crippen LogP contribution in [0, 0.1) is 0 Å². The van der Waals surface area contributed by atoms with E-state index in [-0.39, 0.29) is 11.9 Å². The number of nitrogens with zero attached hydrogens (tertiary/aromatic N) is 1. The first-order valence-corrected chi connectivity index (χ1v) is 9.85. The normalized spacial score (nSPS) is 11.9. The van der Waals surface area contributed by atoms with Crippen LogP contribution in [-0.2, 0) is 11.2 Å². The predicted molar refractivity (Wildman–Crippen MR) is 119 cm³/mol. The van der Waals surface area contributed by atoms with Crippen molar-refractivity contribution in [2.45, 2.75) is 19.4 Å². The average molecular weight is 400 g/mol. The number of hydrogen-bond acceptors (Lipinski definition) is 4. The summed E-state index contributed by atoms with van der Waals surface area (Å²) in [6.07, 6.45) is 6.18. The van der Waals surface area contributed by atoms with Crippen LogP contribution >= 0.6 is 0 Å². The Morgan fingerprint density at radius 1 is 1.13 bits per heavy atom. The quantitative estimate of drug-likeness (QED) is 0.435. The number of carbonyl (C=O) groups excluding carboxylic acids is 1. The third-order valence-electron chi connectivity index (χ3n) is 4.85. The summed E-state index contributed by atoms with van der Waals surface area (Å²) in [7, 11) is 0. The van der Waals surface area contributed by atoms with Gasteiger partial charge in [-0.1, -0.05) is 30.3 Å². The first kappa shape index (κ1) is 19.7. The van der Waals surface area contributed by atoms with Gasteiger partial charge in [-0.05, 0) is 41.8 Å². The van der Waals surface area contributed by atoms with Crippen molar-refractivity contribution in [2.24, 2.45) is 5.73 Å². The molecular weight excluding hydrogens is 376 g/mol. The number of rotatable bonds is 7. The fraction of sp³-hybridized carbons (Fsp3) is 0.167. The Morgan fingerprint density at radius 3 is 2.87 bits per heavy atom. The molecular formula is C24H24N4O2. The topological polar surface area (TPSA) is 93.0 Å². The second-order valence-electron chi connectivity index (χ2n) is 7.31. The molecule has 2 aromatic heterocycles. The highest BCUT2D eigenvalue weighted by atomic mass is 16.5. The molecule has 1 atom stereocenters. The summed E-state index contributed by atoms with van der Waals surface area (Å²) in [6.45, 7) is 1.87. The Morgan fingerprint density at radius 2 is 2.00 bits per heavy atom. The van der Waals surface area contributed by atoms with E-state index in [0.29, 0.717) is 12.4 Å². The van der Waals surface area contributed by atoms with Crippen molar-refractivity contribution >= 4 is 22.5 Å². The number of ether oxygens (including phenoxy) is 1. The van der Waals surface area contributed by atoms with E-state index in [9.17, 15) is 4.79 Å².